The van der Waals surface area contributed by atoms with Crippen LogP contribution in [0.1, 0.15) is 36.6 Å². The van der Waals surface area contributed by atoms with Gasteiger partial charge in [0.2, 0.25) is 0 Å². The summed E-state index contributed by atoms with van der Waals surface area (Å²) in [5.74, 6) is -1.37. The van der Waals surface area contributed by atoms with Gasteiger partial charge in [0.15, 0.2) is 0 Å². The number of hydrogen-bond acceptors (Lipinski definition) is 5. The number of pyridine rings is 1. The predicted octanol–water partition coefficient (Wildman–Crippen LogP) is 3.15. The van der Waals surface area contributed by atoms with Crippen LogP contribution in [0, 0.1) is 6.92 Å². The molecule has 3 rings (SSSR count). The zero-order chi connectivity index (χ0) is 21.0. The molecular formula is C23H27N3O3. The molecule has 1 aliphatic rings. The smallest absolute Gasteiger partial charge is 0.295 e. The molecule has 0 bridgehead atoms. The van der Waals surface area contributed by atoms with Gasteiger partial charge in [-0.15, -0.1) is 0 Å². The molecule has 6 heteroatoms. The minimum atomic E-state index is -0.649. The zero-order valence-electron chi connectivity index (χ0n) is 17.1. The first-order chi connectivity index (χ1) is 14.0. The van der Waals surface area contributed by atoms with Gasteiger partial charge < -0.3 is 14.9 Å². The number of aliphatic hydroxyl groups is 1. The van der Waals surface area contributed by atoms with Gasteiger partial charge in [-0.2, -0.15) is 0 Å². The van der Waals surface area contributed by atoms with Crippen molar-refractivity contribution in [3.05, 3.63) is 71.1 Å². The Labute approximate surface area is 171 Å². The number of Topliss-reactive ketones (excluding diaryl/α,β-unsaturated/α-hetero) is 1. The lowest BCUT2D eigenvalue weighted by Gasteiger charge is -2.28. The molecule has 2 aromatic rings. The SMILES string of the molecule is CCN(CC)CCN1C(=O)C(=O)C(=C(O)c2ccc(C)cc2)[C@H]1c1ccncc1. The normalized spacial score (nSPS) is 18.6. The molecule has 1 N–H and O–H groups in total. The van der Waals surface area contributed by atoms with E-state index in [2.05, 4.69) is 23.7 Å². The first kappa shape index (κ1) is 20.7. The van der Waals surface area contributed by atoms with E-state index in [1.165, 1.54) is 0 Å². The Bertz CT molecular complexity index is 903. The van der Waals surface area contributed by atoms with E-state index in [0.29, 0.717) is 18.7 Å². The summed E-state index contributed by atoms with van der Waals surface area (Å²) in [6.45, 7) is 8.88. The molecule has 0 unspecified atom stereocenters. The molecule has 0 spiro atoms. The quantitative estimate of drug-likeness (QED) is 0.444. The summed E-state index contributed by atoms with van der Waals surface area (Å²) in [5, 5.41) is 11.0. The third kappa shape index (κ3) is 4.22. The van der Waals surface area contributed by atoms with Gasteiger partial charge in [0.05, 0.1) is 11.6 Å². The number of rotatable bonds is 7. The maximum Gasteiger partial charge on any atom is 0.295 e. The summed E-state index contributed by atoms with van der Waals surface area (Å²) >= 11 is 0. The molecule has 1 fully saturated rings. The minimum Gasteiger partial charge on any atom is -0.507 e. The van der Waals surface area contributed by atoms with Crippen LogP contribution in [0.2, 0.25) is 0 Å². The molecule has 0 radical (unpaired) electrons. The number of aromatic nitrogens is 1. The number of likely N-dealkylation sites (N-methyl/N-ethyl adjacent to an activating group) is 1. The van der Waals surface area contributed by atoms with Crippen LogP contribution in [-0.4, -0.2) is 57.8 Å². The topological polar surface area (TPSA) is 73.7 Å². The van der Waals surface area contributed by atoms with Crippen molar-refractivity contribution in [1.82, 2.24) is 14.8 Å². The zero-order valence-corrected chi connectivity index (χ0v) is 17.1. The third-order valence-corrected chi connectivity index (χ3v) is 5.44. The van der Waals surface area contributed by atoms with E-state index in [1.807, 2.05) is 19.1 Å². The van der Waals surface area contributed by atoms with Crippen molar-refractivity contribution in [2.24, 2.45) is 0 Å². The van der Waals surface area contributed by atoms with Gasteiger partial charge in [-0.05, 0) is 37.7 Å². The number of benzene rings is 1. The van der Waals surface area contributed by atoms with Crippen LogP contribution in [0.25, 0.3) is 5.76 Å². The minimum absolute atomic E-state index is 0.129. The van der Waals surface area contributed by atoms with Crippen molar-refractivity contribution in [2.75, 3.05) is 26.2 Å². The molecule has 1 atom stereocenters. The summed E-state index contributed by atoms with van der Waals surface area (Å²) in [6.07, 6.45) is 3.26. The van der Waals surface area contributed by atoms with Crippen molar-refractivity contribution >= 4 is 17.4 Å². The Hall–Kier alpha value is -2.99. The predicted molar refractivity (Wildman–Crippen MR) is 112 cm³/mol. The highest BCUT2D eigenvalue weighted by Gasteiger charge is 2.45. The number of ketones is 1. The molecule has 29 heavy (non-hydrogen) atoms. The Morgan fingerprint density at radius 2 is 1.69 bits per heavy atom. The molecule has 1 saturated heterocycles. The van der Waals surface area contributed by atoms with Crippen LogP contribution in [0.5, 0.6) is 0 Å². The van der Waals surface area contributed by atoms with Gasteiger partial charge in [0.1, 0.15) is 5.76 Å². The van der Waals surface area contributed by atoms with Crippen molar-refractivity contribution < 1.29 is 14.7 Å². The van der Waals surface area contributed by atoms with Gasteiger partial charge in [0, 0.05) is 31.0 Å². The van der Waals surface area contributed by atoms with Crippen LogP contribution >= 0.6 is 0 Å². The van der Waals surface area contributed by atoms with E-state index in [1.54, 1.807) is 41.6 Å². The number of aryl methyl sites for hydroxylation is 1. The highest BCUT2D eigenvalue weighted by atomic mass is 16.3. The van der Waals surface area contributed by atoms with Crippen molar-refractivity contribution in [3.8, 4) is 0 Å². The van der Waals surface area contributed by atoms with Gasteiger partial charge in [0.25, 0.3) is 11.7 Å². The Kier molecular flexibility index (Phi) is 6.44. The summed E-state index contributed by atoms with van der Waals surface area (Å²) in [4.78, 5) is 33.6. The number of carbonyl (C=O) groups is 2. The van der Waals surface area contributed by atoms with Gasteiger partial charge in [-0.3, -0.25) is 14.6 Å². The summed E-state index contributed by atoms with van der Waals surface area (Å²) in [6, 6.07) is 10.2. The average molecular weight is 393 g/mol. The van der Waals surface area contributed by atoms with Crippen LogP contribution < -0.4 is 0 Å². The lowest BCUT2D eigenvalue weighted by molar-refractivity contribution is -0.140. The number of aliphatic hydroxyl groups excluding tert-OH is 1. The van der Waals surface area contributed by atoms with E-state index in [-0.39, 0.29) is 11.3 Å². The highest BCUT2D eigenvalue weighted by Crippen LogP contribution is 2.39. The van der Waals surface area contributed by atoms with Gasteiger partial charge in [-0.1, -0.05) is 43.7 Å². The van der Waals surface area contributed by atoms with Gasteiger partial charge >= 0.3 is 0 Å². The maximum atomic E-state index is 12.9. The van der Waals surface area contributed by atoms with Gasteiger partial charge in [-0.25, -0.2) is 0 Å². The number of hydrogen-bond donors (Lipinski definition) is 1. The average Bonchev–Trinajstić information content (AvgIpc) is 3.00. The molecule has 0 aliphatic carbocycles. The molecule has 1 amide bonds. The molecule has 152 valence electrons. The second kappa shape index (κ2) is 9.01. The Morgan fingerprint density at radius 3 is 2.28 bits per heavy atom. The largest absolute Gasteiger partial charge is 0.507 e. The molecule has 1 aromatic heterocycles. The van der Waals surface area contributed by atoms with Crippen molar-refractivity contribution in [1.29, 1.82) is 0 Å². The Morgan fingerprint density at radius 1 is 1.07 bits per heavy atom. The summed E-state index contributed by atoms with van der Waals surface area (Å²) in [7, 11) is 0. The van der Waals surface area contributed by atoms with Crippen LogP contribution in [0.3, 0.4) is 0 Å². The fraction of sp³-hybridized carbons (Fsp3) is 0.348. The Balaban J connectivity index is 2.06. The molecule has 1 aromatic carbocycles. The van der Waals surface area contributed by atoms with E-state index >= 15 is 0 Å². The molecule has 1 aliphatic heterocycles. The summed E-state index contributed by atoms with van der Waals surface area (Å²) in [5.41, 5.74) is 2.46. The lowest BCUT2D eigenvalue weighted by Crippen LogP contribution is -2.38. The van der Waals surface area contributed by atoms with Crippen molar-refractivity contribution in [2.45, 2.75) is 26.8 Å². The maximum absolute atomic E-state index is 12.9. The second-order valence-electron chi connectivity index (χ2n) is 7.17. The molecule has 2 heterocycles. The monoisotopic (exact) mass is 393 g/mol. The van der Waals surface area contributed by atoms with Crippen LogP contribution in [-0.2, 0) is 9.59 Å². The molecule has 0 saturated carbocycles. The van der Waals surface area contributed by atoms with E-state index in [0.717, 1.165) is 24.2 Å². The highest BCUT2D eigenvalue weighted by molar-refractivity contribution is 6.46. The summed E-state index contributed by atoms with van der Waals surface area (Å²) < 4.78 is 0. The molecular weight excluding hydrogens is 366 g/mol. The van der Waals surface area contributed by atoms with Crippen LogP contribution in [0.4, 0.5) is 0 Å². The lowest BCUT2D eigenvalue weighted by atomic mass is 9.95. The standard InChI is InChI=1S/C23H27N3O3/c1-4-25(5-2)14-15-26-20(17-10-12-24-13-11-17)19(22(28)23(26)29)21(27)18-8-6-16(3)7-9-18/h6-13,20,27H,4-5,14-15H2,1-3H3/t20-/m1/s1. The number of carbonyl (C=O) groups excluding carboxylic acids is 2. The van der Waals surface area contributed by atoms with Crippen LogP contribution in [0.15, 0.2) is 54.4 Å². The van der Waals surface area contributed by atoms with E-state index in [4.69, 9.17) is 0 Å². The number of amides is 1. The van der Waals surface area contributed by atoms with Crippen molar-refractivity contribution in [3.63, 3.8) is 0 Å². The third-order valence-electron chi connectivity index (χ3n) is 5.44. The number of likely N-dealkylation sites (tertiary alicyclic amines) is 1. The molecule has 6 nitrogen and oxygen atoms in total. The fourth-order valence-corrected chi connectivity index (χ4v) is 3.66. The number of nitrogens with zero attached hydrogens (tertiary/aromatic N) is 3. The first-order valence-corrected chi connectivity index (χ1v) is 9.95. The van der Waals surface area contributed by atoms with E-state index in [9.17, 15) is 14.7 Å². The fourth-order valence-electron chi connectivity index (χ4n) is 3.66. The van der Waals surface area contributed by atoms with E-state index < -0.39 is 17.7 Å². The second-order valence-corrected chi connectivity index (χ2v) is 7.17. The first-order valence-electron chi connectivity index (χ1n) is 9.95.